The normalized spacial score (nSPS) is 13.5. The maximum absolute atomic E-state index is 11.9. The van der Waals surface area contributed by atoms with Gasteiger partial charge < -0.3 is 10.8 Å². The number of nitrogen functional groups attached to an aromatic ring is 1. The quantitative estimate of drug-likeness (QED) is 0.682. The third kappa shape index (κ3) is 3.44. The maximum atomic E-state index is 11.9. The fourth-order valence-electron chi connectivity index (χ4n) is 1.35. The molecular formula is C11H16N2O4S. The van der Waals surface area contributed by atoms with E-state index < -0.39 is 22.0 Å². The Hall–Kier alpha value is -1.60. The van der Waals surface area contributed by atoms with Gasteiger partial charge in [0.05, 0.1) is 4.90 Å². The Bertz CT molecular complexity index is 522. The van der Waals surface area contributed by atoms with Gasteiger partial charge in [0.1, 0.15) is 6.04 Å². The van der Waals surface area contributed by atoms with Crippen LogP contribution in [-0.2, 0) is 14.8 Å². The number of carboxylic acid groups (broad SMARTS) is 1. The number of hydrogen-bond donors (Lipinski definition) is 3. The summed E-state index contributed by atoms with van der Waals surface area (Å²) in [5.41, 5.74) is 5.90. The van der Waals surface area contributed by atoms with E-state index in [1.54, 1.807) is 13.8 Å². The molecule has 0 radical (unpaired) electrons. The number of carbonyl (C=O) groups is 1. The van der Waals surface area contributed by atoms with Crippen molar-refractivity contribution >= 4 is 21.7 Å². The molecule has 0 heterocycles. The van der Waals surface area contributed by atoms with Gasteiger partial charge in [0.2, 0.25) is 10.0 Å². The minimum atomic E-state index is -3.85. The lowest BCUT2D eigenvalue weighted by Crippen LogP contribution is -2.44. The van der Waals surface area contributed by atoms with Gasteiger partial charge in [-0.25, -0.2) is 8.42 Å². The summed E-state index contributed by atoms with van der Waals surface area (Å²) in [6.45, 7) is 3.26. The molecule has 1 rings (SSSR count). The molecule has 0 aromatic heterocycles. The average Bonchev–Trinajstić information content (AvgIpc) is 2.26. The van der Waals surface area contributed by atoms with E-state index in [4.69, 9.17) is 10.8 Å². The molecule has 1 atom stereocenters. The summed E-state index contributed by atoms with van der Waals surface area (Å²) < 4.78 is 26.1. The van der Waals surface area contributed by atoms with Crippen LogP contribution in [0.25, 0.3) is 0 Å². The van der Waals surface area contributed by atoms with Gasteiger partial charge in [0.15, 0.2) is 0 Å². The van der Waals surface area contributed by atoms with E-state index in [1.807, 2.05) is 0 Å². The van der Waals surface area contributed by atoms with E-state index in [1.165, 1.54) is 24.3 Å². The van der Waals surface area contributed by atoms with Crippen molar-refractivity contribution in [2.24, 2.45) is 5.92 Å². The highest BCUT2D eigenvalue weighted by Crippen LogP contribution is 2.13. The van der Waals surface area contributed by atoms with Gasteiger partial charge in [0.25, 0.3) is 0 Å². The highest BCUT2D eigenvalue weighted by Gasteiger charge is 2.27. The van der Waals surface area contributed by atoms with E-state index in [9.17, 15) is 13.2 Å². The Labute approximate surface area is 106 Å². The van der Waals surface area contributed by atoms with Crippen LogP contribution in [-0.4, -0.2) is 25.5 Å². The summed E-state index contributed by atoms with van der Waals surface area (Å²) in [6.07, 6.45) is 0. The Morgan fingerprint density at radius 2 is 1.78 bits per heavy atom. The van der Waals surface area contributed by atoms with Crippen molar-refractivity contribution in [1.29, 1.82) is 0 Å². The van der Waals surface area contributed by atoms with Crippen molar-refractivity contribution in [3.05, 3.63) is 24.3 Å². The number of rotatable bonds is 5. The third-order valence-electron chi connectivity index (χ3n) is 2.41. The van der Waals surface area contributed by atoms with Crippen LogP contribution in [0, 0.1) is 5.92 Å². The van der Waals surface area contributed by atoms with Gasteiger partial charge >= 0.3 is 5.97 Å². The Balaban J connectivity index is 3.01. The third-order valence-corrected chi connectivity index (χ3v) is 3.86. The topological polar surface area (TPSA) is 109 Å². The number of hydrogen-bond acceptors (Lipinski definition) is 4. The number of carboxylic acids is 1. The smallest absolute Gasteiger partial charge is 0.322 e. The van der Waals surface area contributed by atoms with Crippen LogP contribution >= 0.6 is 0 Å². The SMILES string of the molecule is CC(C)C(NS(=O)(=O)c1ccc(N)cc1)C(=O)O. The molecular weight excluding hydrogens is 256 g/mol. The molecule has 6 nitrogen and oxygen atoms in total. The summed E-state index contributed by atoms with van der Waals surface area (Å²) in [5, 5.41) is 8.95. The molecule has 0 aliphatic rings. The van der Waals surface area contributed by atoms with Crippen molar-refractivity contribution in [1.82, 2.24) is 4.72 Å². The number of sulfonamides is 1. The van der Waals surface area contributed by atoms with E-state index in [0.29, 0.717) is 5.69 Å². The largest absolute Gasteiger partial charge is 0.480 e. The number of anilines is 1. The fraction of sp³-hybridized carbons (Fsp3) is 0.364. The molecule has 0 aliphatic heterocycles. The highest BCUT2D eigenvalue weighted by atomic mass is 32.2. The first-order valence-corrected chi connectivity index (χ1v) is 6.83. The second-order valence-corrected chi connectivity index (χ2v) is 5.96. The maximum Gasteiger partial charge on any atom is 0.322 e. The van der Waals surface area contributed by atoms with E-state index >= 15 is 0 Å². The molecule has 0 bridgehead atoms. The van der Waals surface area contributed by atoms with Crippen LogP contribution < -0.4 is 10.5 Å². The van der Waals surface area contributed by atoms with E-state index in [-0.39, 0.29) is 10.8 Å². The van der Waals surface area contributed by atoms with Gasteiger partial charge in [-0.05, 0) is 30.2 Å². The van der Waals surface area contributed by atoms with Crippen molar-refractivity contribution in [2.45, 2.75) is 24.8 Å². The van der Waals surface area contributed by atoms with Crippen LogP contribution in [0.1, 0.15) is 13.8 Å². The molecule has 0 amide bonds. The summed E-state index contributed by atoms with van der Waals surface area (Å²) >= 11 is 0. The second-order valence-electron chi connectivity index (χ2n) is 4.25. The van der Waals surface area contributed by atoms with Gasteiger partial charge in [-0.3, -0.25) is 4.79 Å². The fourth-order valence-corrected chi connectivity index (χ4v) is 2.69. The van der Waals surface area contributed by atoms with E-state index in [2.05, 4.69) is 4.72 Å². The Kier molecular flexibility index (Phi) is 4.31. The molecule has 4 N–H and O–H groups in total. The summed E-state index contributed by atoms with van der Waals surface area (Å²) in [7, 11) is -3.85. The molecule has 1 unspecified atom stereocenters. The van der Waals surface area contributed by atoms with Gasteiger partial charge in [-0.1, -0.05) is 13.8 Å². The monoisotopic (exact) mass is 272 g/mol. The van der Waals surface area contributed by atoms with Crippen LogP contribution in [0.5, 0.6) is 0 Å². The zero-order valence-corrected chi connectivity index (χ0v) is 10.9. The van der Waals surface area contributed by atoms with Gasteiger partial charge in [0, 0.05) is 5.69 Å². The minimum absolute atomic E-state index is 0.0106. The predicted octanol–water partition coefficient (Wildman–Crippen LogP) is 0.656. The summed E-state index contributed by atoms with van der Waals surface area (Å²) in [4.78, 5) is 10.9. The standard InChI is InChI=1S/C11H16N2O4S/c1-7(2)10(11(14)15)13-18(16,17)9-5-3-8(12)4-6-9/h3-7,10,13H,12H2,1-2H3,(H,14,15). The molecule has 7 heteroatoms. The van der Waals surface area contributed by atoms with Crippen LogP contribution in [0.4, 0.5) is 5.69 Å². The lowest BCUT2D eigenvalue weighted by atomic mass is 10.1. The van der Waals surface area contributed by atoms with Crippen LogP contribution in [0.3, 0.4) is 0 Å². The van der Waals surface area contributed by atoms with Crippen LogP contribution in [0.15, 0.2) is 29.2 Å². The molecule has 0 aliphatic carbocycles. The Morgan fingerprint density at radius 1 is 1.28 bits per heavy atom. The molecule has 0 fully saturated rings. The zero-order valence-electron chi connectivity index (χ0n) is 10.1. The van der Waals surface area contributed by atoms with Crippen molar-refractivity contribution < 1.29 is 18.3 Å². The predicted molar refractivity (Wildman–Crippen MR) is 67.4 cm³/mol. The van der Waals surface area contributed by atoms with Crippen molar-refractivity contribution in [3.8, 4) is 0 Å². The zero-order chi connectivity index (χ0) is 13.9. The first-order valence-electron chi connectivity index (χ1n) is 5.34. The molecule has 1 aromatic rings. The first-order chi connectivity index (χ1) is 8.24. The number of nitrogens with one attached hydrogen (secondary N) is 1. The molecule has 0 saturated carbocycles. The van der Waals surface area contributed by atoms with Gasteiger partial charge in [-0.15, -0.1) is 0 Å². The molecule has 1 aromatic carbocycles. The van der Waals surface area contributed by atoms with Crippen LogP contribution in [0.2, 0.25) is 0 Å². The minimum Gasteiger partial charge on any atom is -0.480 e. The molecule has 100 valence electrons. The number of benzene rings is 1. The number of aliphatic carboxylic acids is 1. The first kappa shape index (κ1) is 14.5. The highest BCUT2D eigenvalue weighted by molar-refractivity contribution is 7.89. The van der Waals surface area contributed by atoms with Crippen molar-refractivity contribution in [2.75, 3.05) is 5.73 Å². The average molecular weight is 272 g/mol. The summed E-state index contributed by atoms with van der Waals surface area (Å²) in [6, 6.07) is 4.39. The molecule has 0 spiro atoms. The lowest BCUT2D eigenvalue weighted by Gasteiger charge is -2.17. The summed E-state index contributed by atoms with van der Waals surface area (Å²) in [5.74, 6) is -1.56. The Morgan fingerprint density at radius 3 is 2.17 bits per heavy atom. The molecule has 18 heavy (non-hydrogen) atoms. The molecule has 0 saturated heterocycles. The lowest BCUT2D eigenvalue weighted by molar-refractivity contribution is -0.140. The second kappa shape index (κ2) is 5.36. The van der Waals surface area contributed by atoms with E-state index in [0.717, 1.165) is 0 Å². The van der Waals surface area contributed by atoms with Crippen molar-refractivity contribution in [3.63, 3.8) is 0 Å². The number of nitrogens with two attached hydrogens (primary N) is 1. The van der Waals surface area contributed by atoms with Gasteiger partial charge in [-0.2, -0.15) is 4.72 Å².